The van der Waals surface area contributed by atoms with Crippen molar-refractivity contribution in [1.29, 1.82) is 0 Å². The highest BCUT2D eigenvalue weighted by Gasteiger charge is 2.20. The zero-order chi connectivity index (χ0) is 21.4. The van der Waals surface area contributed by atoms with Gasteiger partial charge in [-0.2, -0.15) is 0 Å². The van der Waals surface area contributed by atoms with Gasteiger partial charge in [0.25, 0.3) is 0 Å². The zero-order valence-corrected chi connectivity index (χ0v) is 18.6. The first-order valence-electron chi connectivity index (χ1n) is 9.91. The van der Waals surface area contributed by atoms with Crippen LogP contribution in [0.1, 0.15) is 0 Å². The molecule has 0 saturated heterocycles. The average molecular weight is 417 g/mol. The van der Waals surface area contributed by atoms with Gasteiger partial charge in [0, 0.05) is 14.2 Å². The maximum atomic E-state index is 5.76. The van der Waals surface area contributed by atoms with E-state index < -0.39 is 0 Å². The van der Waals surface area contributed by atoms with Gasteiger partial charge < -0.3 is 37.6 Å². The third-order valence-electron chi connectivity index (χ3n) is 4.67. The van der Waals surface area contributed by atoms with Crippen molar-refractivity contribution >= 4 is 0 Å². The lowest BCUT2D eigenvalue weighted by molar-refractivity contribution is -0.910. The highest BCUT2D eigenvalue weighted by atomic mass is 16.6. The van der Waals surface area contributed by atoms with Gasteiger partial charge in [-0.1, -0.05) is 6.07 Å². The number of hydrogen-bond donors (Lipinski definition) is 0. The summed E-state index contributed by atoms with van der Waals surface area (Å²) < 4.78 is 39.0. The highest BCUT2D eigenvalue weighted by Crippen LogP contribution is 2.36. The van der Waals surface area contributed by atoms with E-state index in [1.807, 2.05) is 18.2 Å². The van der Waals surface area contributed by atoms with Crippen LogP contribution in [0.3, 0.4) is 0 Å². The molecule has 29 heavy (non-hydrogen) atoms. The molecule has 0 amide bonds. The standard InChI is InChI=1S/C21H38NO7/c1-22(9-12-23-2,10-13-24-3)11-14-27-15-16-28-17-18-29-21-19(25-4)7-6-8-20(21)26-5/h6-8H,9-18H2,1-5H3/q+1. The number of nitrogens with zero attached hydrogens (tertiary/aromatic N) is 1. The fourth-order valence-electron chi connectivity index (χ4n) is 2.73. The Morgan fingerprint density at radius 3 is 1.66 bits per heavy atom. The molecule has 1 rings (SSSR count). The summed E-state index contributed by atoms with van der Waals surface area (Å²) in [4.78, 5) is 0. The lowest BCUT2D eigenvalue weighted by Gasteiger charge is -2.34. The molecule has 0 aliphatic carbocycles. The Morgan fingerprint density at radius 1 is 0.655 bits per heavy atom. The quantitative estimate of drug-likeness (QED) is 0.267. The Bertz CT molecular complexity index is 512. The minimum Gasteiger partial charge on any atom is -0.493 e. The van der Waals surface area contributed by atoms with Crippen molar-refractivity contribution in [3.63, 3.8) is 0 Å². The molecule has 0 saturated carbocycles. The first-order chi connectivity index (χ1) is 14.1. The van der Waals surface area contributed by atoms with Gasteiger partial charge in [-0.05, 0) is 12.1 Å². The van der Waals surface area contributed by atoms with E-state index in [-0.39, 0.29) is 0 Å². The average Bonchev–Trinajstić information content (AvgIpc) is 2.75. The Balaban J connectivity index is 2.18. The molecule has 0 aliphatic rings. The number of rotatable bonds is 18. The molecule has 0 spiro atoms. The van der Waals surface area contributed by atoms with Crippen molar-refractivity contribution in [1.82, 2.24) is 0 Å². The summed E-state index contributed by atoms with van der Waals surface area (Å²) in [7, 11) is 8.85. The Morgan fingerprint density at radius 2 is 1.14 bits per heavy atom. The molecular weight excluding hydrogens is 378 g/mol. The molecule has 8 nitrogen and oxygen atoms in total. The molecule has 1 aromatic carbocycles. The van der Waals surface area contributed by atoms with E-state index in [0.29, 0.717) is 50.3 Å². The minimum absolute atomic E-state index is 0.403. The fraction of sp³-hybridized carbons (Fsp3) is 0.714. The zero-order valence-electron chi connectivity index (χ0n) is 18.6. The number of ether oxygens (including phenoxy) is 7. The van der Waals surface area contributed by atoms with Gasteiger partial charge in [0.1, 0.15) is 26.2 Å². The second-order valence-electron chi connectivity index (χ2n) is 6.84. The second-order valence-corrected chi connectivity index (χ2v) is 6.84. The van der Waals surface area contributed by atoms with E-state index in [1.165, 1.54) is 0 Å². The van der Waals surface area contributed by atoms with Gasteiger partial charge in [-0.15, -0.1) is 0 Å². The predicted octanol–water partition coefficient (Wildman–Crippen LogP) is 1.86. The first kappa shape index (κ1) is 25.5. The van der Waals surface area contributed by atoms with Crippen molar-refractivity contribution in [2.45, 2.75) is 0 Å². The van der Waals surface area contributed by atoms with Gasteiger partial charge in [-0.3, -0.25) is 0 Å². The number of benzene rings is 1. The van der Waals surface area contributed by atoms with Crippen molar-refractivity contribution in [2.24, 2.45) is 0 Å². The molecule has 0 unspecified atom stereocenters. The Kier molecular flexibility index (Phi) is 13.4. The lowest BCUT2D eigenvalue weighted by Crippen LogP contribution is -2.50. The highest BCUT2D eigenvalue weighted by molar-refractivity contribution is 5.51. The van der Waals surface area contributed by atoms with Crippen LogP contribution in [0.4, 0.5) is 0 Å². The maximum Gasteiger partial charge on any atom is 0.203 e. The lowest BCUT2D eigenvalue weighted by atomic mass is 10.3. The normalized spacial score (nSPS) is 11.5. The molecule has 168 valence electrons. The number of hydrogen-bond acceptors (Lipinski definition) is 7. The van der Waals surface area contributed by atoms with E-state index in [2.05, 4.69) is 7.05 Å². The molecular formula is C21H38NO7+. The molecule has 0 N–H and O–H groups in total. The van der Waals surface area contributed by atoms with Crippen LogP contribution < -0.4 is 14.2 Å². The van der Waals surface area contributed by atoms with Crippen LogP contribution in [-0.4, -0.2) is 106 Å². The number of methoxy groups -OCH3 is 4. The summed E-state index contributed by atoms with van der Waals surface area (Å²) in [5.41, 5.74) is 0. The van der Waals surface area contributed by atoms with Crippen molar-refractivity contribution in [2.75, 3.05) is 101 Å². The summed E-state index contributed by atoms with van der Waals surface area (Å²) in [5, 5.41) is 0. The van der Waals surface area contributed by atoms with E-state index in [9.17, 15) is 0 Å². The van der Waals surface area contributed by atoms with Crippen LogP contribution in [0.5, 0.6) is 17.2 Å². The topological polar surface area (TPSA) is 64.6 Å². The molecule has 0 aliphatic heterocycles. The molecule has 0 aromatic heterocycles. The van der Waals surface area contributed by atoms with Crippen LogP contribution in [-0.2, 0) is 18.9 Å². The molecule has 0 radical (unpaired) electrons. The molecule has 0 fully saturated rings. The van der Waals surface area contributed by atoms with Crippen LogP contribution in [0.2, 0.25) is 0 Å². The van der Waals surface area contributed by atoms with Crippen molar-refractivity contribution in [3.8, 4) is 17.2 Å². The first-order valence-corrected chi connectivity index (χ1v) is 9.91. The third-order valence-corrected chi connectivity index (χ3v) is 4.67. The summed E-state index contributed by atoms with van der Waals surface area (Å²) >= 11 is 0. The van der Waals surface area contributed by atoms with E-state index in [1.54, 1.807) is 28.4 Å². The van der Waals surface area contributed by atoms with Crippen molar-refractivity contribution in [3.05, 3.63) is 18.2 Å². The van der Waals surface area contributed by atoms with Crippen LogP contribution >= 0.6 is 0 Å². The minimum atomic E-state index is 0.403. The Hall–Kier alpha value is -1.58. The largest absolute Gasteiger partial charge is 0.493 e. The van der Waals surface area contributed by atoms with E-state index in [0.717, 1.165) is 37.3 Å². The Labute approximate surface area is 175 Å². The molecule has 0 atom stereocenters. The fourth-order valence-corrected chi connectivity index (χ4v) is 2.73. The molecule has 0 bridgehead atoms. The van der Waals surface area contributed by atoms with E-state index in [4.69, 9.17) is 33.2 Å². The SMILES string of the molecule is COCC[N+](C)(CCOC)CCOCCOCCOc1c(OC)cccc1OC. The predicted molar refractivity (Wildman–Crippen MR) is 111 cm³/mol. The molecule has 8 heteroatoms. The van der Waals surface area contributed by atoms with Crippen molar-refractivity contribution < 1.29 is 37.6 Å². The summed E-state index contributed by atoms with van der Waals surface area (Å²) in [5.74, 6) is 1.85. The monoisotopic (exact) mass is 416 g/mol. The van der Waals surface area contributed by atoms with Gasteiger partial charge in [-0.25, -0.2) is 0 Å². The smallest absolute Gasteiger partial charge is 0.203 e. The van der Waals surface area contributed by atoms with E-state index >= 15 is 0 Å². The molecule has 1 aromatic rings. The number of para-hydroxylation sites is 1. The van der Waals surface area contributed by atoms with Gasteiger partial charge in [0.05, 0.1) is 60.9 Å². The molecule has 0 heterocycles. The number of likely N-dealkylation sites (N-methyl/N-ethyl adjacent to an activating group) is 1. The van der Waals surface area contributed by atoms with Crippen LogP contribution in [0.15, 0.2) is 18.2 Å². The summed E-state index contributed by atoms with van der Waals surface area (Å²) in [6.45, 7) is 6.82. The van der Waals surface area contributed by atoms with Crippen LogP contribution in [0.25, 0.3) is 0 Å². The number of quaternary nitrogens is 1. The van der Waals surface area contributed by atoms with Gasteiger partial charge in [0.2, 0.25) is 5.75 Å². The third kappa shape index (κ3) is 10.1. The van der Waals surface area contributed by atoms with Gasteiger partial charge in [0.15, 0.2) is 11.5 Å². The summed E-state index contributed by atoms with van der Waals surface area (Å²) in [6.07, 6.45) is 0. The van der Waals surface area contributed by atoms with Crippen LogP contribution in [0, 0.1) is 0 Å². The summed E-state index contributed by atoms with van der Waals surface area (Å²) in [6, 6.07) is 5.52. The second kappa shape index (κ2) is 15.3. The van der Waals surface area contributed by atoms with Gasteiger partial charge >= 0.3 is 0 Å². The maximum absolute atomic E-state index is 5.76.